The number of nitrogen functional groups attached to an aromatic ring is 1. The Morgan fingerprint density at radius 3 is 2.68 bits per heavy atom. The smallest absolute Gasteiger partial charge is 0.407 e. The highest BCUT2D eigenvalue weighted by Gasteiger charge is 2.24. The first-order valence-corrected chi connectivity index (χ1v) is 6.99. The summed E-state index contributed by atoms with van der Waals surface area (Å²) in [7, 11) is 0. The van der Waals surface area contributed by atoms with Gasteiger partial charge in [0, 0.05) is 32.4 Å². The molecule has 0 unspecified atom stereocenters. The summed E-state index contributed by atoms with van der Waals surface area (Å²) >= 11 is 5.89. The molecule has 1 saturated heterocycles. The Bertz CT molecular complexity index is 718. The minimum absolute atomic E-state index is 0.396. The lowest BCUT2D eigenvalue weighted by molar-refractivity contribution is 0.142. The van der Waals surface area contributed by atoms with Crippen molar-refractivity contribution in [1.82, 2.24) is 19.9 Å². The summed E-state index contributed by atoms with van der Waals surface area (Å²) in [5, 5.41) is 9.45. The van der Waals surface area contributed by atoms with Gasteiger partial charge in [-0.15, -0.1) is 0 Å². The fraction of sp³-hybridized carbons (Fsp3) is 0.333. The van der Waals surface area contributed by atoms with Crippen LogP contribution in [0.2, 0.25) is 5.02 Å². The van der Waals surface area contributed by atoms with Crippen LogP contribution in [0.3, 0.4) is 0 Å². The molecule has 0 radical (unpaired) electrons. The van der Waals surface area contributed by atoms with Crippen LogP contribution in [0.5, 0.6) is 0 Å². The SMILES string of the molecule is NNc1nc2cc(Cl)cnc2nc1N1CCN(C(=O)O)CC1. The molecule has 9 nitrogen and oxygen atoms in total. The topological polar surface area (TPSA) is 120 Å². The lowest BCUT2D eigenvalue weighted by atomic mass is 10.3. The van der Waals surface area contributed by atoms with E-state index in [9.17, 15) is 4.79 Å². The number of hydrogen-bond acceptors (Lipinski definition) is 7. The number of hydrogen-bond donors (Lipinski definition) is 3. The third-order valence-electron chi connectivity index (χ3n) is 3.46. The predicted octanol–water partition coefficient (Wildman–Crippen LogP) is 0.764. The minimum atomic E-state index is -0.919. The van der Waals surface area contributed by atoms with E-state index in [0.29, 0.717) is 54.0 Å². The van der Waals surface area contributed by atoms with Gasteiger partial charge in [0.1, 0.15) is 5.52 Å². The van der Waals surface area contributed by atoms with E-state index in [-0.39, 0.29) is 0 Å². The van der Waals surface area contributed by atoms with Crippen molar-refractivity contribution in [3.63, 3.8) is 0 Å². The van der Waals surface area contributed by atoms with Gasteiger partial charge in [-0.1, -0.05) is 11.6 Å². The number of anilines is 2. The summed E-state index contributed by atoms with van der Waals surface area (Å²) in [4.78, 5) is 27.2. The van der Waals surface area contributed by atoms with Gasteiger partial charge in [-0.2, -0.15) is 0 Å². The molecular formula is C12H14ClN7O2. The molecular weight excluding hydrogens is 310 g/mol. The summed E-state index contributed by atoms with van der Waals surface area (Å²) in [5.74, 6) is 6.48. The molecule has 1 aliphatic heterocycles. The Morgan fingerprint density at radius 2 is 2.05 bits per heavy atom. The number of pyridine rings is 1. The van der Waals surface area contributed by atoms with Gasteiger partial charge >= 0.3 is 6.09 Å². The van der Waals surface area contributed by atoms with Crippen LogP contribution in [0, 0.1) is 0 Å². The zero-order valence-electron chi connectivity index (χ0n) is 11.5. The van der Waals surface area contributed by atoms with E-state index >= 15 is 0 Å². The van der Waals surface area contributed by atoms with Crippen molar-refractivity contribution in [2.24, 2.45) is 5.84 Å². The molecule has 0 spiro atoms. The van der Waals surface area contributed by atoms with E-state index in [1.165, 1.54) is 11.1 Å². The van der Waals surface area contributed by atoms with Crippen LogP contribution in [0.15, 0.2) is 12.3 Å². The Balaban J connectivity index is 1.93. The maximum absolute atomic E-state index is 11.0. The molecule has 1 aliphatic rings. The number of fused-ring (bicyclic) bond motifs is 1. The number of amides is 1. The quantitative estimate of drug-likeness (QED) is 0.547. The van der Waals surface area contributed by atoms with Crippen LogP contribution in [0.4, 0.5) is 16.4 Å². The second-order valence-electron chi connectivity index (χ2n) is 4.79. The van der Waals surface area contributed by atoms with Crippen LogP contribution >= 0.6 is 11.6 Å². The summed E-state index contributed by atoms with van der Waals surface area (Å²) in [6.07, 6.45) is 0.581. The highest BCUT2D eigenvalue weighted by atomic mass is 35.5. The number of carbonyl (C=O) groups is 1. The molecule has 0 atom stereocenters. The Hall–Kier alpha value is -2.39. The van der Waals surface area contributed by atoms with Gasteiger partial charge in [0.15, 0.2) is 17.3 Å². The molecule has 2 aromatic heterocycles. The zero-order valence-corrected chi connectivity index (χ0v) is 12.3. The molecule has 0 aromatic carbocycles. The molecule has 0 aliphatic carbocycles. The van der Waals surface area contributed by atoms with Crippen molar-refractivity contribution in [1.29, 1.82) is 0 Å². The summed E-state index contributed by atoms with van der Waals surface area (Å²) in [6, 6.07) is 1.66. The van der Waals surface area contributed by atoms with Crippen molar-refractivity contribution in [2.45, 2.75) is 0 Å². The second kappa shape index (κ2) is 5.78. The zero-order chi connectivity index (χ0) is 15.7. The molecule has 10 heteroatoms. The van der Waals surface area contributed by atoms with E-state index in [1.807, 2.05) is 4.90 Å². The maximum Gasteiger partial charge on any atom is 0.407 e. The number of rotatable bonds is 2. The highest BCUT2D eigenvalue weighted by Crippen LogP contribution is 2.25. The standard InChI is InChI=1S/C12H14ClN7O2/c13-7-5-8-9(15-6-7)17-11(10(16-8)18-14)19-1-3-20(4-2-19)12(21)22/h5-6H,1-4,14H2,(H,16,18)(H,21,22). The first-order chi connectivity index (χ1) is 10.6. The third kappa shape index (κ3) is 2.68. The fourth-order valence-corrected chi connectivity index (χ4v) is 2.49. The van der Waals surface area contributed by atoms with Crippen molar-refractivity contribution in [2.75, 3.05) is 36.5 Å². The number of hydrazine groups is 1. The number of piperazine rings is 1. The molecule has 2 aromatic rings. The number of halogens is 1. The second-order valence-corrected chi connectivity index (χ2v) is 5.23. The van der Waals surface area contributed by atoms with Crippen LogP contribution in [-0.2, 0) is 0 Å². The molecule has 0 saturated carbocycles. The van der Waals surface area contributed by atoms with E-state index < -0.39 is 6.09 Å². The average Bonchev–Trinajstić information content (AvgIpc) is 2.53. The lowest BCUT2D eigenvalue weighted by Crippen LogP contribution is -2.48. The Kier molecular flexibility index (Phi) is 3.82. The molecule has 22 heavy (non-hydrogen) atoms. The van der Waals surface area contributed by atoms with E-state index in [0.717, 1.165) is 0 Å². The highest BCUT2D eigenvalue weighted by molar-refractivity contribution is 6.31. The molecule has 1 amide bonds. The predicted molar refractivity (Wildman–Crippen MR) is 82.0 cm³/mol. The minimum Gasteiger partial charge on any atom is -0.465 e. The average molecular weight is 324 g/mol. The normalized spacial score (nSPS) is 15.2. The Labute approximate surface area is 130 Å². The molecule has 4 N–H and O–H groups in total. The van der Waals surface area contributed by atoms with Gasteiger partial charge in [-0.25, -0.2) is 25.6 Å². The van der Waals surface area contributed by atoms with Crippen LogP contribution in [0.25, 0.3) is 11.2 Å². The van der Waals surface area contributed by atoms with E-state index in [4.69, 9.17) is 22.6 Å². The Morgan fingerprint density at radius 1 is 1.32 bits per heavy atom. The fourth-order valence-electron chi connectivity index (χ4n) is 2.34. The van der Waals surface area contributed by atoms with Crippen molar-refractivity contribution >= 4 is 40.5 Å². The van der Waals surface area contributed by atoms with Crippen LogP contribution in [-0.4, -0.2) is 57.2 Å². The van der Waals surface area contributed by atoms with Crippen LogP contribution < -0.4 is 16.2 Å². The van der Waals surface area contributed by atoms with Crippen molar-refractivity contribution in [3.05, 3.63) is 17.3 Å². The largest absolute Gasteiger partial charge is 0.465 e. The van der Waals surface area contributed by atoms with Gasteiger partial charge in [-0.05, 0) is 6.07 Å². The van der Waals surface area contributed by atoms with Gasteiger partial charge in [0.25, 0.3) is 0 Å². The maximum atomic E-state index is 11.0. The number of aromatic nitrogens is 3. The number of nitrogens with two attached hydrogens (primary N) is 1. The number of nitrogens with zero attached hydrogens (tertiary/aromatic N) is 5. The van der Waals surface area contributed by atoms with E-state index in [2.05, 4.69) is 20.4 Å². The monoisotopic (exact) mass is 323 g/mol. The first kappa shape index (κ1) is 14.5. The lowest BCUT2D eigenvalue weighted by Gasteiger charge is -2.34. The van der Waals surface area contributed by atoms with Gasteiger partial charge < -0.3 is 20.3 Å². The van der Waals surface area contributed by atoms with Gasteiger partial charge in [0.2, 0.25) is 0 Å². The summed E-state index contributed by atoms with van der Waals surface area (Å²) in [5.41, 5.74) is 3.52. The van der Waals surface area contributed by atoms with Gasteiger partial charge in [0.05, 0.1) is 5.02 Å². The van der Waals surface area contributed by atoms with E-state index in [1.54, 1.807) is 6.07 Å². The first-order valence-electron chi connectivity index (χ1n) is 6.61. The van der Waals surface area contributed by atoms with Crippen LogP contribution in [0.1, 0.15) is 0 Å². The molecule has 3 rings (SSSR count). The summed E-state index contributed by atoms with van der Waals surface area (Å²) in [6.45, 7) is 1.81. The molecule has 116 valence electrons. The third-order valence-corrected chi connectivity index (χ3v) is 3.66. The molecule has 0 bridgehead atoms. The number of carboxylic acid groups (broad SMARTS) is 1. The molecule has 1 fully saturated rings. The van der Waals surface area contributed by atoms with Gasteiger partial charge in [-0.3, -0.25) is 0 Å². The van der Waals surface area contributed by atoms with Crippen molar-refractivity contribution in [3.8, 4) is 0 Å². The summed E-state index contributed by atoms with van der Waals surface area (Å²) < 4.78 is 0. The molecule has 3 heterocycles. The number of nitrogens with one attached hydrogen (secondary N) is 1. The van der Waals surface area contributed by atoms with Crippen molar-refractivity contribution < 1.29 is 9.90 Å².